The highest BCUT2D eigenvalue weighted by Gasteiger charge is 2.15. The fraction of sp³-hybridized carbons (Fsp3) is 0.235. The molecule has 0 atom stereocenters. The van der Waals surface area contributed by atoms with E-state index in [-0.39, 0.29) is 35.0 Å². The lowest BCUT2D eigenvalue weighted by molar-refractivity contribution is -0.384. The minimum absolute atomic E-state index is 0.0168. The summed E-state index contributed by atoms with van der Waals surface area (Å²) >= 11 is 7.22. The average Bonchev–Trinajstić information content (AvgIpc) is 3.06. The molecule has 0 saturated carbocycles. The number of esters is 1. The van der Waals surface area contributed by atoms with Crippen molar-refractivity contribution in [2.24, 2.45) is 0 Å². The van der Waals surface area contributed by atoms with Crippen LogP contribution < -0.4 is 5.32 Å². The summed E-state index contributed by atoms with van der Waals surface area (Å²) in [5.74, 6) is -1.57. The lowest BCUT2D eigenvalue weighted by Crippen LogP contribution is -2.21. The van der Waals surface area contributed by atoms with Gasteiger partial charge < -0.3 is 10.1 Å². The van der Waals surface area contributed by atoms with E-state index in [1.54, 1.807) is 6.07 Å². The van der Waals surface area contributed by atoms with E-state index < -0.39 is 23.4 Å². The Morgan fingerprint density at radius 2 is 1.96 bits per heavy atom. The molecule has 2 rings (SSSR count). The summed E-state index contributed by atoms with van der Waals surface area (Å²) in [7, 11) is 0. The number of non-ortho nitro benzene ring substituents is 1. The van der Waals surface area contributed by atoms with E-state index in [0.29, 0.717) is 4.88 Å². The summed E-state index contributed by atoms with van der Waals surface area (Å²) in [6, 6.07) is 7.09. The largest absolute Gasteiger partial charge is 0.456 e. The zero-order valence-electron chi connectivity index (χ0n) is 14.2. The van der Waals surface area contributed by atoms with Crippen LogP contribution in [0.3, 0.4) is 0 Å². The highest BCUT2D eigenvalue weighted by Crippen LogP contribution is 2.26. The molecule has 10 heteroatoms. The number of ether oxygens (including phenoxy) is 1. The molecule has 1 aromatic carbocycles. The number of Topliss-reactive ketones (excluding diaryl/α,β-unsaturated/α-hetero) is 1. The molecule has 0 bridgehead atoms. The standard InChI is InChI=1S/C17H15ClN2O6S/c1-10-2-6-15(27-10)14(21)5-7-17(23)26-9-16(22)19-13-8-11(20(24)25)3-4-12(13)18/h2-4,6,8H,5,7,9H2,1H3,(H,19,22). The van der Waals surface area contributed by atoms with E-state index in [1.165, 1.54) is 23.5 Å². The molecule has 0 aliphatic heterocycles. The van der Waals surface area contributed by atoms with Crippen LogP contribution in [-0.2, 0) is 14.3 Å². The van der Waals surface area contributed by atoms with Gasteiger partial charge in [0.05, 0.1) is 26.9 Å². The molecule has 1 N–H and O–H groups in total. The number of nitrogens with zero attached hydrogens (tertiary/aromatic N) is 1. The van der Waals surface area contributed by atoms with Crippen LogP contribution in [0.1, 0.15) is 27.4 Å². The Labute approximate surface area is 163 Å². The third kappa shape index (κ3) is 6.15. The van der Waals surface area contributed by atoms with Gasteiger partial charge in [0, 0.05) is 23.4 Å². The first-order chi connectivity index (χ1) is 12.8. The summed E-state index contributed by atoms with van der Waals surface area (Å²) in [4.78, 5) is 47.1. The van der Waals surface area contributed by atoms with Gasteiger partial charge in [0.1, 0.15) is 0 Å². The highest BCUT2D eigenvalue weighted by atomic mass is 35.5. The number of hydrogen-bond acceptors (Lipinski definition) is 7. The number of carbonyl (C=O) groups is 3. The molecule has 0 radical (unpaired) electrons. The minimum Gasteiger partial charge on any atom is -0.456 e. The van der Waals surface area contributed by atoms with Crippen molar-refractivity contribution in [3.05, 3.63) is 55.2 Å². The van der Waals surface area contributed by atoms with Crippen LogP contribution >= 0.6 is 22.9 Å². The summed E-state index contributed by atoms with van der Waals surface area (Å²) in [5, 5.41) is 13.2. The number of carbonyl (C=O) groups excluding carboxylic acids is 3. The fourth-order valence-corrected chi connectivity index (χ4v) is 3.05. The SMILES string of the molecule is Cc1ccc(C(=O)CCC(=O)OCC(=O)Nc2cc([N+](=O)[O-])ccc2Cl)s1. The van der Waals surface area contributed by atoms with Crippen molar-refractivity contribution in [1.82, 2.24) is 0 Å². The zero-order chi connectivity index (χ0) is 20.0. The van der Waals surface area contributed by atoms with Gasteiger partial charge in [-0.1, -0.05) is 11.6 Å². The number of aryl methyl sites for hydroxylation is 1. The second-order valence-electron chi connectivity index (χ2n) is 5.46. The minimum atomic E-state index is -0.703. The van der Waals surface area contributed by atoms with Crippen LogP contribution in [-0.4, -0.2) is 29.2 Å². The molecule has 27 heavy (non-hydrogen) atoms. The van der Waals surface area contributed by atoms with E-state index in [1.807, 2.05) is 13.0 Å². The number of hydrogen-bond donors (Lipinski definition) is 1. The Balaban J connectivity index is 1.80. The fourth-order valence-electron chi connectivity index (χ4n) is 2.05. The van der Waals surface area contributed by atoms with Crippen molar-refractivity contribution in [1.29, 1.82) is 0 Å². The first-order valence-electron chi connectivity index (χ1n) is 7.75. The molecular weight excluding hydrogens is 396 g/mol. The molecule has 0 saturated heterocycles. The van der Waals surface area contributed by atoms with Crippen LogP contribution in [0.15, 0.2) is 30.3 Å². The molecule has 0 spiro atoms. The quantitative estimate of drug-likeness (QED) is 0.306. The second kappa shape index (κ2) is 9.24. The molecule has 1 heterocycles. The van der Waals surface area contributed by atoms with Crippen molar-refractivity contribution in [2.75, 3.05) is 11.9 Å². The van der Waals surface area contributed by atoms with Crippen LogP contribution in [0.25, 0.3) is 0 Å². The monoisotopic (exact) mass is 410 g/mol. The summed E-state index contributed by atoms with van der Waals surface area (Å²) in [6.07, 6.45) is -0.169. The molecule has 0 unspecified atom stereocenters. The molecule has 2 aromatic rings. The molecular formula is C17H15ClN2O6S. The maximum Gasteiger partial charge on any atom is 0.306 e. The first-order valence-corrected chi connectivity index (χ1v) is 8.94. The van der Waals surface area contributed by atoms with E-state index in [0.717, 1.165) is 10.9 Å². The predicted molar refractivity (Wildman–Crippen MR) is 100 cm³/mol. The van der Waals surface area contributed by atoms with Gasteiger partial charge in [-0.05, 0) is 25.1 Å². The van der Waals surface area contributed by atoms with Crippen LogP contribution in [0.4, 0.5) is 11.4 Å². The Bertz CT molecular complexity index is 895. The zero-order valence-corrected chi connectivity index (χ0v) is 15.8. The normalized spacial score (nSPS) is 10.3. The third-order valence-electron chi connectivity index (χ3n) is 3.37. The van der Waals surface area contributed by atoms with Gasteiger partial charge in [-0.25, -0.2) is 0 Å². The Morgan fingerprint density at radius 1 is 1.22 bits per heavy atom. The number of nitro benzene ring substituents is 1. The van der Waals surface area contributed by atoms with Crippen molar-refractivity contribution in [2.45, 2.75) is 19.8 Å². The van der Waals surface area contributed by atoms with E-state index in [2.05, 4.69) is 5.32 Å². The van der Waals surface area contributed by atoms with Gasteiger partial charge in [0.2, 0.25) is 0 Å². The number of thiophene rings is 1. The van der Waals surface area contributed by atoms with Crippen LogP contribution in [0, 0.1) is 17.0 Å². The van der Waals surface area contributed by atoms with Gasteiger partial charge in [-0.15, -0.1) is 11.3 Å². The highest BCUT2D eigenvalue weighted by molar-refractivity contribution is 7.14. The molecule has 0 aliphatic rings. The Kier molecular flexibility index (Phi) is 7.03. The van der Waals surface area contributed by atoms with E-state index in [4.69, 9.17) is 16.3 Å². The van der Waals surface area contributed by atoms with Crippen molar-refractivity contribution in [3.63, 3.8) is 0 Å². The lowest BCUT2D eigenvalue weighted by Gasteiger charge is -2.08. The van der Waals surface area contributed by atoms with Gasteiger partial charge in [0.25, 0.3) is 11.6 Å². The lowest BCUT2D eigenvalue weighted by atomic mass is 10.2. The third-order valence-corrected chi connectivity index (χ3v) is 4.74. The van der Waals surface area contributed by atoms with Gasteiger partial charge >= 0.3 is 5.97 Å². The van der Waals surface area contributed by atoms with Crippen molar-refractivity contribution in [3.8, 4) is 0 Å². The summed E-state index contributed by atoms with van der Waals surface area (Å²) in [6.45, 7) is 1.28. The smallest absolute Gasteiger partial charge is 0.306 e. The summed E-state index contributed by atoms with van der Waals surface area (Å²) in [5.41, 5.74) is -0.204. The number of amides is 1. The number of nitro groups is 1. The second-order valence-corrected chi connectivity index (χ2v) is 7.16. The molecule has 1 amide bonds. The molecule has 0 fully saturated rings. The molecule has 8 nitrogen and oxygen atoms in total. The maximum atomic E-state index is 11.9. The molecule has 1 aromatic heterocycles. The van der Waals surface area contributed by atoms with Gasteiger partial charge in [0.15, 0.2) is 12.4 Å². The number of halogens is 1. The Hall–Kier alpha value is -2.78. The summed E-state index contributed by atoms with van der Waals surface area (Å²) < 4.78 is 4.81. The number of anilines is 1. The number of benzene rings is 1. The van der Waals surface area contributed by atoms with E-state index >= 15 is 0 Å². The number of rotatable bonds is 8. The van der Waals surface area contributed by atoms with Gasteiger partial charge in [-0.2, -0.15) is 0 Å². The topological polar surface area (TPSA) is 116 Å². The van der Waals surface area contributed by atoms with E-state index in [9.17, 15) is 24.5 Å². The first kappa shape index (κ1) is 20.5. The maximum absolute atomic E-state index is 11.9. The molecule has 0 aliphatic carbocycles. The van der Waals surface area contributed by atoms with Crippen molar-refractivity contribution < 1.29 is 24.0 Å². The number of nitrogens with one attached hydrogen (secondary N) is 1. The van der Waals surface area contributed by atoms with Crippen molar-refractivity contribution >= 4 is 52.0 Å². The predicted octanol–water partition coefficient (Wildman–Crippen LogP) is 3.76. The Morgan fingerprint density at radius 3 is 2.59 bits per heavy atom. The number of ketones is 1. The van der Waals surface area contributed by atoms with Crippen LogP contribution in [0.2, 0.25) is 5.02 Å². The van der Waals surface area contributed by atoms with Crippen LogP contribution in [0.5, 0.6) is 0 Å². The van der Waals surface area contributed by atoms with Gasteiger partial charge in [-0.3, -0.25) is 24.5 Å². The molecule has 142 valence electrons. The average molecular weight is 411 g/mol.